The Morgan fingerprint density at radius 1 is 0.933 bits per heavy atom. The summed E-state index contributed by atoms with van der Waals surface area (Å²) in [7, 11) is 0. The number of halogens is 1. The number of fused-ring (bicyclic) bond motifs is 3. The predicted octanol–water partition coefficient (Wildman–Crippen LogP) is 3.08. The lowest BCUT2D eigenvalue weighted by atomic mass is 9.98. The van der Waals surface area contributed by atoms with Crippen molar-refractivity contribution in [3.8, 4) is 11.1 Å². The summed E-state index contributed by atoms with van der Waals surface area (Å²) in [6, 6.07) is 15.9. The molecule has 152 valence electrons. The number of carbonyl (C=O) groups excluding carboxylic acids is 2. The van der Waals surface area contributed by atoms with Gasteiger partial charge in [0.15, 0.2) is 0 Å². The summed E-state index contributed by atoms with van der Waals surface area (Å²) in [6.07, 6.45) is 0. The molecule has 0 saturated heterocycles. The Kier molecular flexibility index (Phi) is 5.17. The summed E-state index contributed by atoms with van der Waals surface area (Å²) in [4.78, 5) is 28.6. The molecular formula is C22H18ClN3O4. The number of carbonyl (C=O) groups is 2. The average molecular weight is 424 g/mol. The van der Waals surface area contributed by atoms with Crippen molar-refractivity contribution in [1.29, 1.82) is 0 Å². The molecule has 0 saturated carbocycles. The molecule has 1 aromatic heterocycles. The zero-order valence-electron chi connectivity index (χ0n) is 15.7. The SMILES string of the molecule is NC(=O)c1cc(-c2ccc(Cl)cc2)cc2c1[nH]c1cc(C(=O)N(CO)CO)ccc12. The van der Waals surface area contributed by atoms with E-state index in [2.05, 4.69) is 4.98 Å². The van der Waals surface area contributed by atoms with Crippen LogP contribution in [0, 0.1) is 0 Å². The Labute approximate surface area is 176 Å². The van der Waals surface area contributed by atoms with Crippen LogP contribution >= 0.6 is 11.6 Å². The highest BCUT2D eigenvalue weighted by molar-refractivity contribution is 6.30. The topological polar surface area (TPSA) is 120 Å². The molecule has 0 spiro atoms. The van der Waals surface area contributed by atoms with E-state index in [0.29, 0.717) is 21.6 Å². The van der Waals surface area contributed by atoms with Crippen molar-refractivity contribution < 1.29 is 19.8 Å². The monoisotopic (exact) mass is 423 g/mol. The number of aliphatic hydroxyl groups excluding tert-OH is 2. The second kappa shape index (κ2) is 7.79. The minimum Gasteiger partial charge on any atom is -0.376 e. The number of nitrogens with one attached hydrogen (secondary N) is 1. The lowest BCUT2D eigenvalue weighted by Crippen LogP contribution is -2.32. The molecule has 1 heterocycles. The summed E-state index contributed by atoms with van der Waals surface area (Å²) in [5.41, 5.74) is 9.13. The van der Waals surface area contributed by atoms with Crippen molar-refractivity contribution in [3.05, 3.63) is 70.7 Å². The van der Waals surface area contributed by atoms with Crippen LogP contribution in [-0.4, -0.2) is 45.4 Å². The summed E-state index contributed by atoms with van der Waals surface area (Å²) >= 11 is 5.98. The molecule has 0 atom stereocenters. The molecule has 0 unspecified atom stereocenters. The van der Waals surface area contributed by atoms with Crippen LogP contribution in [0.3, 0.4) is 0 Å². The largest absolute Gasteiger partial charge is 0.376 e. The van der Waals surface area contributed by atoms with Gasteiger partial charge in [0.25, 0.3) is 11.8 Å². The van der Waals surface area contributed by atoms with E-state index in [1.807, 2.05) is 18.2 Å². The van der Waals surface area contributed by atoms with Crippen molar-refractivity contribution in [2.75, 3.05) is 13.5 Å². The predicted molar refractivity (Wildman–Crippen MR) is 115 cm³/mol. The third-order valence-electron chi connectivity index (χ3n) is 5.03. The minimum atomic E-state index is -0.601. The Balaban J connectivity index is 1.92. The number of nitrogens with two attached hydrogens (primary N) is 1. The summed E-state index contributed by atoms with van der Waals surface area (Å²) in [5.74, 6) is -1.09. The van der Waals surface area contributed by atoms with Gasteiger partial charge in [-0.2, -0.15) is 0 Å². The first-order valence-electron chi connectivity index (χ1n) is 9.09. The van der Waals surface area contributed by atoms with Crippen molar-refractivity contribution in [3.63, 3.8) is 0 Å². The van der Waals surface area contributed by atoms with Crippen molar-refractivity contribution in [2.45, 2.75) is 0 Å². The number of H-pyrrole nitrogens is 1. The fourth-order valence-electron chi connectivity index (χ4n) is 3.50. The average Bonchev–Trinajstić information content (AvgIpc) is 3.12. The Hall–Kier alpha value is -3.39. The Morgan fingerprint density at radius 3 is 2.27 bits per heavy atom. The molecule has 4 rings (SSSR count). The van der Waals surface area contributed by atoms with Gasteiger partial charge in [0.2, 0.25) is 0 Å². The Bertz CT molecular complexity index is 1280. The van der Waals surface area contributed by atoms with Crippen LogP contribution in [0.15, 0.2) is 54.6 Å². The maximum atomic E-state index is 12.4. The first-order valence-corrected chi connectivity index (χ1v) is 9.47. The van der Waals surface area contributed by atoms with E-state index in [0.717, 1.165) is 26.8 Å². The molecule has 0 aliphatic rings. The van der Waals surface area contributed by atoms with Crippen LogP contribution in [0.4, 0.5) is 0 Å². The molecule has 0 radical (unpaired) electrons. The van der Waals surface area contributed by atoms with Crippen molar-refractivity contribution >= 4 is 45.2 Å². The van der Waals surface area contributed by atoms with E-state index < -0.39 is 25.3 Å². The van der Waals surface area contributed by atoms with E-state index in [-0.39, 0.29) is 5.56 Å². The Morgan fingerprint density at radius 2 is 1.63 bits per heavy atom. The van der Waals surface area contributed by atoms with Crippen LogP contribution < -0.4 is 5.73 Å². The number of amides is 2. The maximum absolute atomic E-state index is 12.4. The van der Waals surface area contributed by atoms with Gasteiger partial charge >= 0.3 is 0 Å². The summed E-state index contributed by atoms with van der Waals surface area (Å²) in [6.45, 7) is -1.20. The van der Waals surface area contributed by atoms with Gasteiger partial charge in [-0.25, -0.2) is 0 Å². The van der Waals surface area contributed by atoms with Gasteiger partial charge in [-0.1, -0.05) is 29.8 Å². The van der Waals surface area contributed by atoms with Gasteiger partial charge in [-0.05, 0) is 47.5 Å². The molecule has 2 amide bonds. The highest BCUT2D eigenvalue weighted by Crippen LogP contribution is 2.33. The minimum absolute atomic E-state index is 0.288. The number of hydrogen-bond acceptors (Lipinski definition) is 4. The normalized spacial score (nSPS) is 11.2. The van der Waals surface area contributed by atoms with Gasteiger partial charge in [0, 0.05) is 26.9 Å². The van der Waals surface area contributed by atoms with Gasteiger partial charge in [-0.3, -0.25) is 14.5 Å². The third-order valence-corrected chi connectivity index (χ3v) is 5.28. The lowest BCUT2D eigenvalue weighted by Gasteiger charge is -2.16. The third kappa shape index (κ3) is 3.39. The van der Waals surface area contributed by atoms with Gasteiger partial charge in [0.05, 0.1) is 11.1 Å². The quantitative estimate of drug-likeness (QED) is 0.369. The molecular weight excluding hydrogens is 406 g/mol. The van der Waals surface area contributed by atoms with Gasteiger partial charge in [-0.15, -0.1) is 0 Å². The number of aliphatic hydroxyl groups is 2. The first kappa shape index (κ1) is 19.9. The van der Waals surface area contributed by atoms with Crippen LogP contribution in [0.25, 0.3) is 32.9 Å². The van der Waals surface area contributed by atoms with Gasteiger partial charge in [0.1, 0.15) is 13.5 Å². The van der Waals surface area contributed by atoms with Crippen molar-refractivity contribution in [2.24, 2.45) is 5.73 Å². The molecule has 7 nitrogen and oxygen atoms in total. The first-order chi connectivity index (χ1) is 14.4. The standard InChI is InChI=1S/C22H18ClN3O4/c23-15-4-1-12(2-5-15)14-7-17-16-6-3-13(22(30)26(10-27)11-28)9-19(16)25-20(17)18(8-14)21(24)29/h1-9,25,27-28H,10-11H2,(H2,24,29). The lowest BCUT2D eigenvalue weighted by molar-refractivity contribution is 0.0240. The molecule has 3 aromatic carbocycles. The number of primary amides is 1. The molecule has 4 aromatic rings. The number of rotatable bonds is 5. The smallest absolute Gasteiger partial charge is 0.257 e. The fourth-order valence-corrected chi connectivity index (χ4v) is 3.62. The molecule has 0 aliphatic carbocycles. The second-order valence-corrected chi connectivity index (χ2v) is 7.27. The van der Waals surface area contributed by atoms with E-state index >= 15 is 0 Å². The summed E-state index contributed by atoms with van der Waals surface area (Å²) in [5, 5.41) is 20.6. The molecule has 0 fully saturated rings. The molecule has 30 heavy (non-hydrogen) atoms. The number of aromatic nitrogens is 1. The number of nitrogens with zero attached hydrogens (tertiary/aromatic N) is 1. The number of hydrogen-bond donors (Lipinski definition) is 4. The molecule has 0 aliphatic heterocycles. The zero-order chi connectivity index (χ0) is 21.4. The van der Waals surface area contributed by atoms with Crippen molar-refractivity contribution in [1.82, 2.24) is 9.88 Å². The van der Waals surface area contributed by atoms with E-state index in [9.17, 15) is 19.8 Å². The second-order valence-electron chi connectivity index (χ2n) is 6.83. The van der Waals surface area contributed by atoms with E-state index in [1.165, 1.54) is 0 Å². The van der Waals surface area contributed by atoms with Crippen LogP contribution in [0.1, 0.15) is 20.7 Å². The van der Waals surface area contributed by atoms with Gasteiger partial charge < -0.3 is 20.9 Å². The highest BCUT2D eigenvalue weighted by Gasteiger charge is 2.18. The molecule has 0 bridgehead atoms. The highest BCUT2D eigenvalue weighted by atomic mass is 35.5. The summed E-state index contributed by atoms with van der Waals surface area (Å²) < 4.78 is 0. The number of aromatic amines is 1. The maximum Gasteiger partial charge on any atom is 0.257 e. The zero-order valence-corrected chi connectivity index (χ0v) is 16.5. The van der Waals surface area contributed by atoms with E-state index in [4.69, 9.17) is 17.3 Å². The number of benzene rings is 3. The van der Waals surface area contributed by atoms with Crippen LogP contribution in [-0.2, 0) is 0 Å². The molecule has 8 heteroatoms. The fraction of sp³-hybridized carbons (Fsp3) is 0.0909. The van der Waals surface area contributed by atoms with Crippen LogP contribution in [0.2, 0.25) is 5.02 Å². The van der Waals surface area contributed by atoms with Crippen LogP contribution in [0.5, 0.6) is 0 Å². The van der Waals surface area contributed by atoms with E-state index in [1.54, 1.807) is 36.4 Å². The molecule has 5 N–H and O–H groups in total.